The Bertz CT molecular complexity index is 1050. The number of hydrogen-bond donors (Lipinski definition) is 2. The summed E-state index contributed by atoms with van der Waals surface area (Å²) in [5.41, 5.74) is 5.43. The van der Waals surface area contributed by atoms with Crippen LogP contribution >= 0.6 is 11.6 Å². The number of nitrogens with one attached hydrogen (secondary N) is 1. The maximum absolute atomic E-state index is 12.8. The molecule has 11 heteroatoms. The van der Waals surface area contributed by atoms with Crippen LogP contribution < -0.4 is 16.0 Å². The molecule has 1 aliphatic rings. The van der Waals surface area contributed by atoms with E-state index in [-0.39, 0.29) is 21.7 Å². The monoisotopic (exact) mass is 467 g/mol. The van der Waals surface area contributed by atoms with Crippen molar-refractivity contribution < 1.29 is 17.9 Å². The first-order chi connectivity index (χ1) is 14.5. The zero-order valence-corrected chi connectivity index (χ0v) is 19.2. The van der Waals surface area contributed by atoms with E-state index in [1.54, 1.807) is 0 Å². The number of aromatic nitrogens is 2. The van der Waals surface area contributed by atoms with Crippen LogP contribution in [0, 0.1) is 0 Å². The van der Waals surface area contributed by atoms with Gasteiger partial charge in [-0.25, -0.2) is 18.2 Å². The summed E-state index contributed by atoms with van der Waals surface area (Å²) in [6, 6.07) is 5.79. The molecule has 3 N–H and O–H groups in total. The van der Waals surface area contributed by atoms with Gasteiger partial charge >= 0.3 is 6.09 Å². The Labute approximate surface area is 186 Å². The summed E-state index contributed by atoms with van der Waals surface area (Å²) in [4.78, 5) is 22.2. The van der Waals surface area contributed by atoms with Crippen LogP contribution in [-0.2, 0) is 14.6 Å². The smallest absolute Gasteiger partial charge is 0.407 e. The van der Waals surface area contributed by atoms with Crippen molar-refractivity contribution in [3.63, 3.8) is 0 Å². The molecule has 31 heavy (non-hydrogen) atoms. The number of halogens is 1. The Balaban J connectivity index is 1.66. The van der Waals surface area contributed by atoms with E-state index in [1.807, 2.05) is 25.7 Å². The van der Waals surface area contributed by atoms with Crippen molar-refractivity contribution in [1.29, 1.82) is 0 Å². The minimum Gasteiger partial charge on any atom is -0.444 e. The van der Waals surface area contributed by atoms with Crippen LogP contribution in [0.5, 0.6) is 0 Å². The summed E-state index contributed by atoms with van der Waals surface area (Å²) in [6.07, 6.45) is 2.14. The normalized spacial score (nSPS) is 15.5. The number of benzene rings is 1. The van der Waals surface area contributed by atoms with Crippen molar-refractivity contribution in [3.8, 4) is 0 Å². The van der Waals surface area contributed by atoms with Crippen LogP contribution in [0.25, 0.3) is 0 Å². The van der Waals surface area contributed by atoms with Crippen LogP contribution in [0.4, 0.5) is 16.6 Å². The molecular formula is C20H26ClN5O4S. The number of piperidine rings is 1. The lowest BCUT2D eigenvalue weighted by Crippen LogP contribution is -2.46. The number of carbonyl (C=O) groups excluding carboxylic acids is 1. The molecule has 2 aromatic rings. The predicted octanol–water partition coefficient (Wildman–Crippen LogP) is 3.04. The van der Waals surface area contributed by atoms with E-state index in [1.165, 1.54) is 30.5 Å². The summed E-state index contributed by atoms with van der Waals surface area (Å²) in [5.74, 6) is 0.234. The molecule has 3 rings (SSSR count). The molecule has 1 saturated heterocycles. The van der Waals surface area contributed by atoms with Gasteiger partial charge in [-0.1, -0.05) is 11.6 Å². The topological polar surface area (TPSA) is 128 Å². The van der Waals surface area contributed by atoms with Gasteiger partial charge < -0.3 is 20.7 Å². The van der Waals surface area contributed by atoms with Gasteiger partial charge in [0.15, 0.2) is 0 Å². The van der Waals surface area contributed by atoms with Gasteiger partial charge in [-0.3, -0.25) is 0 Å². The fourth-order valence-electron chi connectivity index (χ4n) is 3.17. The van der Waals surface area contributed by atoms with Gasteiger partial charge in [-0.15, -0.1) is 0 Å². The first-order valence-electron chi connectivity index (χ1n) is 9.83. The van der Waals surface area contributed by atoms with Crippen LogP contribution in [0.3, 0.4) is 0 Å². The molecule has 0 atom stereocenters. The molecule has 0 bridgehead atoms. The van der Waals surface area contributed by atoms with Gasteiger partial charge in [0.05, 0.1) is 11.1 Å². The zero-order valence-electron chi connectivity index (χ0n) is 17.6. The predicted molar refractivity (Wildman–Crippen MR) is 118 cm³/mol. The SMILES string of the molecule is CC(C)(C)OC(=O)NC1CCN(c2ncc(S(=O)(=O)c3ccc(Cl)cc3)c(N)n2)CC1. The quantitative estimate of drug-likeness (QED) is 0.702. The molecule has 9 nitrogen and oxygen atoms in total. The highest BCUT2D eigenvalue weighted by Gasteiger charge is 2.27. The lowest BCUT2D eigenvalue weighted by molar-refractivity contribution is 0.0497. The van der Waals surface area contributed by atoms with E-state index in [2.05, 4.69) is 15.3 Å². The second-order valence-corrected chi connectivity index (χ2v) is 10.6. The Morgan fingerprint density at radius 1 is 1.23 bits per heavy atom. The third-order valence-electron chi connectivity index (χ3n) is 4.68. The Kier molecular flexibility index (Phi) is 6.61. The minimum absolute atomic E-state index is 0.0204. The average molecular weight is 468 g/mol. The number of nitrogen functional groups attached to an aromatic ring is 1. The van der Waals surface area contributed by atoms with Crippen LogP contribution in [0.1, 0.15) is 33.6 Å². The highest BCUT2D eigenvalue weighted by Crippen LogP contribution is 2.27. The molecule has 1 aromatic carbocycles. The van der Waals surface area contributed by atoms with Crippen LogP contribution in [0.15, 0.2) is 40.3 Å². The number of hydrogen-bond acceptors (Lipinski definition) is 8. The van der Waals surface area contributed by atoms with Crippen molar-refractivity contribution in [2.45, 2.75) is 55.0 Å². The van der Waals surface area contributed by atoms with Crippen molar-refractivity contribution in [1.82, 2.24) is 15.3 Å². The number of nitrogens with zero attached hydrogens (tertiary/aromatic N) is 3. The molecule has 0 saturated carbocycles. The highest BCUT2D eigenvalue weighted by atomic mass is 35.5. The lowest BCUT2D eigenvalue weighted by Gasteiger charge is -2.32. The number of amides is 1. The van der Waals surface area contributed by atoms with Gasteiger partial charge in [0.2, 0.25) is 15.8 Å². The fraction of sp³-hybridized carbons (Fsp3) is 0.450. The van der Waals surface area contributed by atoms with Crippen LogP contribution in [-0.4, -0.2) is 49.2 Å². The Morgan fingerprint density at radius 3 is 2.39 bits per heavy atom. The maximum Gasteiger partial charge on any atom is 0.407 e. The van der Waals surface area contributed by atoms with E-state index < -0.39 is 21.5 Å². The van der Waals surface area contributed by atoms with Crippen molar-refractivity contribution >= 4 is 39.3 Å². The number of rotatable bonds is 4. The Morgan fingerprint density at radius 2 is 1.84 bits per heavy atom. The first-order valence-corrected chi connectivity index (χ1v) is 11.7. The summed E-state index contributed by atoms with van der Waals surface area (Å²) >= 11 is 5.83. The minimum atomic E-state index is -3.86. The summed E-state index contributed by atoms with van der Waals surface area (Å²) in [6.45, 7) is 6.61. The molecular weight excluding hydrogens is 442 g/mol. The van der Waals surface area contributed by atoms with E-state index >= 15 is 0 Å². The Hall–Kier alpha value is -2.59. The molecule has 1 fully saturated rings. The number of ether oxygens (including phenoxy) is 1. The number of anilines is 2. The molecule has 0 spiro atoms. The summed E-state index contributed by atoms with van der Waals surface area (Å²) in [5, 5.41) is 3.30. The standard InChI is InChI=1S/C20H26ClN5O4S/c1-20(2,3)30-19(27)24-14-8-10-26(11-9-14)18-23-12-16(17(22)25-18)31(28,29)15-6-4-13(21)5-7-15/h4-7,12,14H,8-11H2,1-3H3,(H,24,27)(H2,22,23,25). The molecule has 2 heterocycles. The molecule has 1 aromatic heterocycles. The molecule has 0 radical (unpaired) electrons. The number of nitrogens with two attached hydrogens (primary N) is 1. The van der Waals surface area contributed by atoms with Gasteiger partial charge in [-0.2, -0.15) is 4.98 Å². The molecule has 1 amide bonds. The van der Waals surface area contributed by atoms with E-state index in [0.29, 0.717) is 36.9 Å². The summed E-state index contributed by atoms with van der Waals surface area (Å²) in [7, 11) is -3.86. The van der Waals surface area contributed by atoms with E-state index in [4.69, 9.17) is 22.1 Å². The summed E-state index contributed by atoms with van der Waals surface area (Å²) < 4.78 is 30.9. The van der Waals surface area contributed by atoms with Gasteiger partial charge in [-0.05, 0) is 57.9 Å². The van der Waals surface area contributed by atoms with Crippen LogP contribution in [0.2, 0.25) is 5.02 Å². The van der Waals surface area contributed by atoms with Crippen molar-refractivity contribution in [3.05, 3.63) is 35.5 Å². The number of carbonyl (C=O) groups is 1. The maximum atomic E-state index is 12.8. The van der Waals surface area contributed by atoms with E-state index in [0.717, 1.165) is 0 Å². The molecule has 0 unspecified atom stereocenters. The second-order valence-electron chi connectivity index (χ2n) is 8.28. The first kappa shape index (κ1) is 23.1. The fourth-order valence-corrected chi connectivity index (χ4v) is 4.56. The third kappa shape index (κ3) is 5.76. The molecule has 1 aliphatic heterocycles. The lowest BCUT2D eigenvalue weighted by atomic mass is 10.1. The van der Waals surface area contributed by atoms with Crippen molar-refractivity contribution in [2.75, 3.05) is 23.7 Å². The molecule has 168 valence electrons. The molecule has 0 aliphatic carbocycles. The second kappa shape index (κ2) is 8.88. The van der Waals surface area contributed by atoms with Gasteiger partial charge in [0, 0.05) is 24.2 Å². The van der Waals surface area contributed by atoms with Gasteiger partial charge in [0.1, 0.15) is 16.3 Å². The number of sulfone groups is 1. The number of alkyl carbamates (subject to hydrolysis) is 1. The average Bonchev–Trinajstić information content (AvgIpc) is 2.67. The van der Waals surface area contributed by atoms with Gasteiger partial charge in [0.25, 0.3) is 0 Å². The zero-order chi connectivity index (χ0) is 22.8. The largest absolute Gasteiger partial charge is 0.444 e. The third-order valence-corrected chi connectivity index (χ3v) is 6.72. The van der Waals surface area contributed by atoms with Crippen molar-refractivity contribution in [2.24, 2.45) is 0 Å². The highest BCUT2D eigenvalue weighted by molar-refractivity contribution is 7.91. The van der Waals surface area contributed by atoms with E-state index in [9.17, 15) is 13.2 Å².